The molecule has 2 aliphatic rings. The Bertz CT molecular complexity index is 205. The van der Waals surface area contributed by atoms with Crippen molar-refractivity contribution in [2.45, 2.75) is 71.1 Å². The van der Waals surface area contributed by atoms with E-state index in [9.17, 15) is 0 Å². The lowest BCUT2D eigenvalue weighted by Gasteiger charge is -2.33. The summed E-state index contributed by atoms with van der Waals surface area (Å²) in [6, 6.07) is 0.801. The zero-order chi connectivity index (χ0) is 11.5. The molecule has 0 saturated heterocycles. The fourth-order valence-corrected chi connectivity index (χ4v) is 2.98. The van der Waals surface area contributed by atoms with Crippen LogP contribution >= 0.6 is 0 Å². The molecule has 0 aromatic rings. The zero-order valence-corrected chi connectivity index (χ0v) is 11.0. The average molecular weight is 225 g/mol. The molecule has 2 rings (SSSR count). The second-order valence-electron chi connectivity index (χ2n) is 6.17. The molecule has 2 aliphatic carbocycles. The maximum Gasteiger partial charge on any atom is 0.0675 e. The maximum atomic E-state index is 6.15. The number of rotatable bonds is 5. The van der Waals surface area contributed by atoms with Crippen LogP contribution in [0.25, 0.3) is 0 Å². The molecule has 0 aliphatic heterocycles. The molecule has 2 fully saturated rings. The molecule has 0 aromatic heterocycles. The number of nitrogens with one attached hydrogen (secondary N) is 1. The Labute approximate surface area is 100 Å². The summed E-state index contributed by atoms with van der Waals surface area (Å²) < 4.78 is 6.15. The van der Waals surface area contributed by atoms with Crippen molar-refractivity contribution in [1.29, 1.82) is 0 Å². The second kappa shape index (κ2) is 5.50. The predicted octanol–water partition coefficient (Wildman–Crippen LogP) is 2.97. The largest absolute Gasteiger partial charge is 0.374 e. The summed E-state index contributed by atoms with van der Waals surface area (Å²) in [4.78, 5) is 0. The topological polar surface area (TPSA) is 21.3 Å². The standard InChI is InChI=1S/C14H27NO/c1-10-6-11(2)8-14(7-10)16-12(3)9-15-13-4-5-13/h10-15H,4-9H2,1-3H3. The van der Waals surface area contributed by atoms with E-state index in [0.717, 1.165) is 24.4 Å². The summed E-state index contributed by atoms with van der Waals surface area (Å²) in [5.74, 6) is 1.69. The van der Waals surface area contributed by atoms with Gasteiger partial charge in [-0.1, -0.05) is 13.8 Å². The highest BCUT2D eigenvalue weighted by molar-refractivity contribution is 4.82. The van der Waals surface area contributed by atoms with Crippen LogP contribution in [0.4, 0.5) is 0 Å². The van der Waals surface area contributed by atoms with Crippen molar-refractivity contribution in [1.82, 2.24) is 5.32 Å². The van der Waals surface area contributed by atoms with E-state index in [4.69, 9.17) is 4.74 Å². The van der Waals surface area contributed by atoms with Crippen molar-refractivity contribution >= 4 is 0 Å². The van der Waals surface area contributed by atoms with Gasteiger partial charge in [-0.25, -0.2) is 0 Å². The van der Waals surface area contributed by atoms with E-state index in [-0.39, 0.29) is 0 Å². The van der Waals surface area contributed by atoms with Crippen molar-refractivity contribution in [3.05, 3.63) is 0 Å². The Kier molecular flexibility index (Phi) is 4.26. The van der Waals surface area contributed by atoms with Gasteiger partial charge >= 0.3 is 0 Å². The van der Waals surface area contributed by atoms with Crippen LogP contribution in [0, 0.1) is 11.8 Å². The van der Waals surface area contributed by atoms with Crippen LogP contribution in [0.15, 0.2) is 0 Å². The molecule has 2 nitrogen and oxygen atoms in total. The van der Waals surface area contributed by atoms with Gasteiger partial charge in [-0.05, 0) is 50.9 Å². The maximum absolute atomic E-state index is 6.15. The number of hydrogen-bond donors (Lipinski definition) is 1. The first-order chi connectivity index (χ1) is 7.63. The molecular weight excluding hydrogens is 198 g/mol. The lowest BCUT2D eigenvalue weighted by Crippen LogP contribution is -2.34. The van der Waals surface area contributed by atoms with E-state index >= 15 is 0 Å². The summed E-state index contributed by atoms with van der Waals surface area (Å²) in [6.07, 6.45) is 7.53. The molecule has 2 heteroatoms. The molecular formula is C14H27NO. The lowest BCUT2D eigenvalue weighted by molar-refractivity contribution is -0.0401. The molecule has 1 N–H and O–H groups in total. The highest BCUT2D eigenvalue weighted by atomic mass is 16.5. The van der Waals surface area contributed by atoms with Gasteiger partial charge in [0.2, 0.25) is 0 Å². The summed E-state index contributed by atoms with van der Waals surface area (Å²) in [5.41, 5.74) is 0. The third-order valence-corrected chi connectivity index (χ3v) is 3.83. The molecule has 0 spiro atoms. The Hall–Kier alpha value is -0.0800. The molecule has 16 heavy (non-hydrogen) atoms. The third kappa shape index (κ3) is 4.06. The van der Waals surface area contributed by atoms with Gasteiger partial charge in [0.05, 0.1) is 12.2 Å². The number of hydrogen-bond acceptors (Lipinski definition) is 2. The highest BCUT2D eigenvalue weighted by Crippen LogP contribution is 2.30. The summed E-state index contributed by atoms with van der Waals surface area (Å²) in [6.45, 7) is 7.96. The fourth-order valence-electron chi connectivity index (χ4n) is 2.98. The first-order valence-electron chi connectivity index (χ1n) is 7.02. The van der Waals surface area contributed by atoms with Gasteiger partial charge in [0.15, 0.2) is 0 Å². The SMILES string of the molecule is CC1CC(C)CC(OC(C)CNC2CC2)C1. The van der Waals surface area contributed by atoms with Crippen LogP contribution in [0.2, 0.25) is 0 Å². The van der Waals surface area contributed by atoms with Crippen molar-refractivity contribution in [2.75, 3.05) is 6.54 Å². The van der Waals surface area contributed by atoms with Gasteiger partial charge < -0.3 is 10.1 Å². The minimum Gasteiger partial charge on any atom is -0.374 e. The van der Waals surface area contributed by atoms with E-state index in [0.29, 0.717) is 12.2 Å². The normalized spacial score (nSPS) is 37.3. The third-order valence-electron chi connectivity index (χ3n) is 3.83. The molecule has 0 amide bonds. The average Bonchev–Trinajstić information content (AvgIpc) is 2.96. The molecule has 94 valence electrons. The van der Waals surface area contributed by atoms with Crippen molar-refractivity contribution in [3.63, 3.8) is 0 Å². The molecule has 0 radical (unpaired) electrons. The molecule has 0 heterocycles. The second-order valence-corrected chi connectivity index (χ2v) is 6.17. The van der Waals surface area contributed by atoms with Crippen molar-refractivity contribution < 1.29 is 4.74 Å². The van der Waals surface area contributed by atoms with Gasteiger partial charge in [0.25, 0.3) is 0 Å². The fraction of sp³-hybridized carbons (Fsp3) is 1.00. The van der Waals surface area contributed by atoms with Crippen LogP contribution in [0.5, 0.6) is 0 Å². The van der Waals surface area contributed by atoms with Gasteiger partial charge in [-0.3, -0.25) is 0 Å². The molecule has 3 atom stereocenters. The van der Waals surface area contributed by atoms with E-state index in [2.05, 4.69) is 26.1 Å². The van der Waals surface area contributed by atoms with Crippen molar-refractivity contribution in [3.8, 4) is 0 Å². The smallest absolute Gasteiger partial charge is 0.0675 e. The Morgan fingerprint density at radius 2 is 1.75 bits per heavy atom. The molecule has 0 aromatic carbocycles. The zero-order valence-electron chi connectivity index (χ0n) is 11.0. The lowest BCUT2D eigenvalue weighted by atomic mass is 9.82. The van der Waals surface area contributed by atoms with Crippen LogP contribution in [-0.4, -0.2) is 24.8 Å². The monoisotopic (exact) mass is 225 g/mol. The van der Waals surface area contributed by atoms with E-state index < -0.39 is 0 Å². The summed E-state index contributed by atoms with van der Waals surface area (Å²) >= 11 is 0. The van der Waals surface area contributed by atoms with Gasteiger partial charge in [-0.2, -0.15) is 0 Å². The van der Waals surface area contributed by atoms with Crippen LogP contribution < -0.4 is 5.32 Å². The van der Waals surface area contributed by atoms with Crippen LogP contribution in [0.1, 0.15) is 52.9 Å². The Morgan fingerprint density at radius 3 is 2.31 bits per heavy atom. The first kappa shape index (κ1) is 12.4. The Morgan fingerprint density at radius 1 is 1.12 bits per heavy atom. The van der Waals surface area contributed by atoms with Crippen LogP contribution in [0.3, 0.4) is 0 Å². The summed E-state index contributed by atoms with van der Waals surface area (Å²) in [7, 11) is 0. The van der Waals surface area contributed by atoms with E-state index in [1.807, 2.05) is 0 Å². The van der Waals surface area contributed by atoms with Gasteiger partial charge in [0.1, 0.15) is 0 Å². The van der Waals surface area contributed by atoms with Crippen molar-refractivity contribution in [2.24, 2.45) is 11.8 Å². The quantitative estimate of drug-likeness (QED) is 0.776. The molecule has 2 saturated carbocycles. The Balaban J connectivity index is 1.66. The minimum absolute atomic E-state index is 0.378. The predicted molar refractivity (Wildman–Crippen MR) is 67.5 cm³/mol. The molecule has 3 unspecified atom stereocenters. The van der Waals surface area contributed by atoms with E-state index in [1.54, 1.807) is 0 Å². The highest BCUT2D eigenvalue weighted by Gasteiger charge is 2.26. The van der Waals surface area contributed by atoms with Crippen LogP contribution in [-0.2, 0) is 4.74 Å². The molecule has 0 bridgehead atoms. The first-order valence-corrected chi connectivity index (χ1v) is 7.02. The van der Waals surface area contributed by atoms with E-state index in [1.165, 1.54) is 32.1 Å². The van der Waals surface area contributed by atoms with Gasteiger partial charge in [0, 0.05) is 12.6 Å². The number of ether oxygens (including phenoxy) is 1. The minimum atomic E-state index is 0.378. The summed E-state index contributed by atoms with van der Waals surface area (Å²) in [5, 5.41) is 3.54. The van der Waals surface area contributed by atoms with Gasteiger partial charge in [-0.15, -0.1) is 0 Å².